The lowest BCUT2D eigenvalue weighted by Gasteiger charge is -2.26. The molecule has 1 aliphatic heterocycles. The second-order valence-corrected chi connectivity index (χ2v) is 3.79. The van der Waals surface area contributed by atoms with Crippen molar-refractivity contribution >= 4 is 11.6 Å². The third-order valence-corrected chi connectivity index (χ3v) is 2.78. The molecule has 1 heterocycles. The number of carbonyl (C=O) groups is 1. The molecule has 1 amide bonds. The fourth-order valence-electron chi connectivity index (χ4n) is 1.83. The minimum atomic E-state index is 0.140. The first-order valence-corrected chi connectivity index (χ1v) is 5.22. The van der Waals surface area contributed by atoms with E-state index in [1.165, 1.54) is 0 Å². The standard InChI is InChI=1S/C12H13N3O/c1-14-12(16)7-9-15(14)11-4-2-10(3-5-11)6-8-13/h2-5H,6-7,9H2,1H3. The number of hydrogen-bond acceptors (Lipinski definition) is 3. The van der Waals surface area contributed by atoms with Crippen LogP contribution in [0.15, 0.2) is 24.3 Å². The highest BCUT2D eigenvalue weighted by molar-refractivity contribution is 5.81. The molecule has 2 rings (SSSR count). The minimum absolute atomic E-state index is 0.140. The highest BCUT2D eigenvalue weighted by Crippen LogP contribution is 2.21. The maximum Gasteiger partial charge on any atom is 0.242 e. The first-order chi connectivity index (χ1) is 7.72. The summed E-state index contributed by atoms with van der Waals surface area (Å²) in [7, 11) is 1.78. The summed E-state index contributed by atoms with van der Waals surface area (Å²) in [5, 5.41) is 12.1. The van der Waals surface area contributed by atoms with Crippen molar-refractivity contribution in [1.82, 2.24) is 5.01 Å². The van der Waals surface area contributed by atoms with Crippen LogP contribution in [0.2, 0.25) is 0 Å². The zero-order valence-electron chi connectivity index (χ0n) is 9.18. The van der Waals surface area contributed by atoms with Crippen molar-refractivity contribution in [2.45, 2.75) is 12.8 Å². The fraction of sp³-hybridized carbons (Fsp3) is 0.333. The molecular weight excluding hydrogens is 202 g/mol. The van der Waals surface area contributed by atoms with Gasteiger partial charge in [0.1, 0.15) is 0 Å². The van der Waals surface area contributed by atoms with Crippen LogP contribution >= 0.6 is 0 Å². The van der Waals surface area contributed by atoms with Gasteiger partial charge in [0, 0.05) is 20.0 Å². The minimum Gasteiger partial charge on any atom is -0.283 e. The molecule has 0 unspecified atom stereocenters. The molecule has 16 heavy (non-hydrogen) atoms. The third-order valence-electron chi connectivity index (χ3n) is 2.78. The molecule has 0 N–H and O–H groups in total. The lowest BCUT2D eigenvalue weighted by atomic mass is 10.1. The molecule has 1 fully saturated rings. The van der Waals surface area contributed by atoms with Crippen LogP contribution in [0.4, 0.5) is 5.69 Å². The number of nitrogens with zero attached hydrogens (tertiary/aromatic N) is 3. The van der Waals surface area contributed by atoms with E-state index >= 15 is 0 Å². The Balaban J connectivity index is 2.16. The van der Waals surface area contributed by atoms with Gasteiger partial charge >= 0.3 is 0 Å². The van der Waals surface area contributed by atoms with Crippen molar-refractivity contribution in [2.24, 2.45) is 0 Å². The number of hydrazine groups is 1. The van der Waals surface area contributed by atoms with Gasteiger partial charge in [-0.2, -0.15) is 5.26 Å². The molecule has 82 valence electrons. The molecule has 1 aromatic carbocycles. The molecule has 1 aromatic rings. The van der Waals surface area contributed by atoms with E-state index in [4.69, 9.17) is 5.26 Å². The van der Waals surface area contributed by atoms with Gasteiger partial charge in [-0.15, -0.1) is 0 Å². The van der Waals surface area contributed by atoms with Gasteiger partial charge in [0.25, 0.3) is 0 Å². The number of rotatable bonds is 2. The van der Waals surface area contributed by atoms with Crippen LogP contribution in [-0.2, 0) is 11.2 Å². The van der Waals surface area contributed by atoms with Crippen molar-refractivity contribution in [3.63, 3.8) is 0 Å². The summed E-state index contributed by atoms with van der Waals surface area (Å²) in [4.78, 5) is 11.4. The van der Waals surface area contributed by atoms with E-state index in [2.05, 4.69) is 6.07 Å². The van der Waals surface area contributed by atoms with Crippen LogP contribution in [-0.4, -0.2) is 24.5 Å². The predicted molar refractivity (Wildman–Crippen MR) is 60.5 cm³/mol. The normalized spacial score (nSPS) is 15.4. The van der Waals surface area contributed by atoms with Crippen LogP contribution in [0.5, 0.6) is 0 Å². The lowest BCUT2D eigenvalue weighted by molar-refractivity contribution is -0.126. The molecular formula is C12H13N3O. The topological polar surface area (TPSA) is 47.3 Å². The van der Waals surface area contributed by atoms with Crippen molar-refractivity contribution in [1.29, 1.82) is 5.26 Å². The average molecular weight is 215 g/mol. The Morgan fingerprint density at radius 3 is 2.56 bits per heavy atom. The fourth-order valence-corrected chi connectivity index (χ4v) is 1.83. The van der Waals surface area contributed by atoms with Gasteiger partial charge in [0.2, 0.25) is 5.91 Å². The molecule has 1 saturated heterocycles. The van der Waals surface area contributed by atoms with Crippen molar-refractivity contribution in [3.05, 3.63) is 29.8 Å². The number of anilines is 1. The average Bonchev–Trinajstić information content (AvgIpc) is 2.62. The Morgan fingerprint density at radius 1 is 1.38 bits per heavy atom. The molecule has 0 spiro atoms. The largest absolute Gasteiger partial charge is 0.283 e. The Hall–Kier alpha value is -2.02. The molecule has 4 heteroatoms. The van der Waals surface area contributed by atoms with Gasteiger partial charge in [-0.3, -0.25) is 14.8 Å². The molecule has 4 nitrogen and oxygen atoms in total. The maximum absolute atomic E-state index is 11.4. The van der Waals surface area contributed by atoms with Crippen molar-refractivity contribution in [3.8, 4) is 6.07 Å². The number of amides is 1. The Bertz CT molecular complexity index is 433. The van der Waals surface area contributed by atoms with Crippen LogP contribution in [0.25, 0.3) is 0 Å². The van der Waals surface area contributed by atoms with Gasteiger partial charge in [0.15, 0.2) is 0 Å². The second-order valence-electron chi connectivity index (χ2n) is 3.79. The Morgan fingerprint density at radius 2 is 2.06 bits per heavy atom. The summed E-state index contributed by atoms with van der Waals surface area (Å²) in [6, 6.07) is 9.85. The number of benzene rings is 1. The van der Waals surface area contributed by atoms with E-state index in [9.17, 15) is 4.79 Å². The predicted octanol–water partition coefficient (Wildman–Crippen LogP) is 1.34. The zero-order valence-corrected chi connectivity index (χ0v) is 9.18. The van der Waals surface area contributed by atoms with Gasteiger partial charge in [-0.1, -0.05) is 12.1 Å². The van der Waals surface area contributed by atoms with E-state index in [0.29, 0.717) is 12.8 Å². The molecule has 0 bridgehead atoms. The van der Waals surface area contributed by atoms with Crippen molar-refractivity contribution in [2.75, 3.05) is 18.6 Å². The molecule has 0 aliphatic carbocycles. The molecule has 1 aliphatic rings. The van der Waals surface area contributed by atoms with E-state index in [-0.39, 0.29) is 5.91 Å². The Labute approximate surface area is 94.7 Å². The van der Waals surface area contributed by atoms with Gasteiger partial charge in [0.05, 0.1) is 18.2 Å². The number of hydrogen-bond donors (Lipinski definition) is 0. The third kappa shape index (κ3) is 1.84. The Kier molecular flexibility index (Phi) is 2.78. The summed E-state index contributed by atoms with van der Waals surface area (Å²) in [5.74, 6) is 0.140. The van der Waals surface area contributed by atoms with E-state index in [0.717, 1.165) is 17.8 Å². The van der Waals surface area contributed by atoms with Crippen LogP contribution in [0, 0.1) is 11.3 Å². The second kappa shape index (κ2) is 4.23. The summed E-state index contributed by atoms with van der Waals surface area (Å²) >= 11 is 0. The van der Waals surface area contributed by atoms with Crippen molar-refractivity contribution < 1.29 is 4.79 Å². The monoisotopic (exact) mass is 215 g/mol. The number of nitriles is 1. The lowest BCUT2D eigenvalue weighted by Crippen LogP contribution is -2.35. The highest BCUT2D eigenvalue weighted by Gasteiger charge is 2.25. The SMILES string of the molecule is CN1C(=O)CCN1c1ccc(CC#N)cc1. The van der Waals surface area contributed by atoms with Crippen LogP contribution < -0.4 is 5.01 Å². The van der Waals surface area contributed by atoms with Gasteiger partial charge in [-0.05, 0) is 17.7 Å². The summed E-state index contributed by atoms with van der Waals surface area (Å²) in [6.45, 7) is 0.729. The smallest absolute Gasteiger partial charge is 0.242 e. The summed E-state index contributed by atoms with van der Waals surface area (Å²) in [5.41, 5.74) is 1.99. The first kappa shape index (κ1) is 10.5. The van der Waals surface area contributed by atoms with E-state index in [1.54, 1.807) is 12.1 Å². The summed E-state index contributed by atoms with van der Waals surface area (Å²) < 4.78 is 0. The molecule has 0 aromatic heterocycles. The quantitative estimate of drug-likeness (QED) is 0.747. The maximum atomic E-state index is 11.4. The molecule has 0 atom stereocenters. The first-order valence-electron chi connectivity index (χ1n) is 5.22. The van der Waals surface area contributed by atoms with Gasteiger partial charge in [-0.25, -0.2) is 0 Å². The highest BCUT2D eigenvalue weighted by atomic mass is 16.2. The molecule has 0 saturated carbocycles. The van der Waals surface area contributed by atoms with E-state index < -0.39 is 0 Å². The number of carbonyl (C=O) groups excluding carboxylic acids is 1. The van der Waals surface area contributed by atoms with Crippen LogP contribution in [0.3, 0.4) is 0 Å². The zero-order chi connectivity index (χ0) is 11.5. The van der Waals surface area contributed by atoms with Gasteiger partial charge < -0.3 is 0 Å². The van der Waals surface area contributed by atoms with E-state index in [1.807, 2.05) is 29.3 Å². The summed E-state index contributed by atoms with van der Waals surface area (Å²) in [6.07, 6.45) is 0.992. The van der Waals surface area contributed by atoms with Crippen LogP contribution in [0.1, 0.15) is 12.0 Å². The molecule has 0 radical (unpaired) electrons.